The predicted octanol–water partition coefficient (Wildman–Crippen LogP) is -0.0984. The van der Waals surface area contributed by atoms with Gasteiger partial charge in [0.1, 0.15) is 23.9 Å². The van der Waals surface area contributed by atoms with Crippen molar-refractivity contribution in [3.8, 4) is 5.75 Å². The molecule has 1 heterocycles. The molecule has 0 saturated carbocycles. The lowest BCUT2D eigenvalue weighted by Gasteiger charge is -2.26. The Morgan fingerprint density at radius 1 is 1.03 bits per heavy atom. The molecule has 10 nitrogen and oxygen atoms in total. The highest BCUT2D eigenvalue weighted by atomic mass is 16.4. The number of carboxylic acid groups (broad SMARTS) is 1. The summed E-state index contributed by atoms with van der Waals surface area (Å²) in [4.78, 5) is 49.3. The van der Waals surface area contributed by atoms with Crippen molar-refractivity contribution in [1.82, 2.24) is 21.3 Å². The highest BCUT2D eigenvalue weighted by Gasteiger charge is 2.31. The zero-order valence-electron chi connectivity index (χ0n) is 18.6. The Hall–Kier alpha value is -3.14. The van der Waals surface area contributed by atoms with Gasteiger partial charge in [0.2, 0.25) is 17.7 Å². The molecule has 1 aromatic carbocycles. The fraction of sp³-hybridized carbons (Fsp3) is 0.545. The van der Waals surface area contributed by atoms with Crippen LogP contribution in [0.1, 0.15) is 39.2 Å². The van der Waals surface area contributed by atoms with Crippen molar-refractivity contribution >= 4 is 23.7 Å². The topological polar surface area (TPSA) is 157 Å². The maximum atomic E-state index is 12.8. The maximum Gasteiger partial charge on any atom is 0.326 e. The third-order valence-corrected chi connectivity index (χ3v) is 5.37. The molecule has 0 radical (unpaired) electrons. The minimum atomic E-state index is -1.22. The van der Waals surface area contributed by atoms with Gasteiger partial charge in [-0.2, -0.15) is 0 Å². The Kier molecular flexibility index (Phi) is 9.01. The number of nitrogens with one attached hydrogen (secondary N) is 4. The zero-order chi connectivity index (χ0) is 23.8. The summed E-state index contributed by atoms with van der Waals surface area (Å²) in [5.41, 5.74) is 0.623. The molecule has 3 amide bonds. The van der Waals surface area contributed by atoms with Gasteiger partial charge >= 0.3 is 5.97 Å². The monoisotopic (exact) mass is 448 g/mol. The SMILES string of the molecule is CC(NC(=O)C1CCCN1)C(=O)NC(C(=O)NC(Cc1ccc(O)cc1)C(=O)O)C(C)C. The van der Waals surface area contributed by atoms with Crippen LogP contribution in [0.2, 0.25) is 0 Å². The van der Waals surface area contributed by atoms with E-state index in [4.69, 9.17) is 0 Å². The summed E-state index contributed by atoms with van der Waals surface area (Å²) < 4.78 is 0. The largest absolute Gasteiger partial charge is 0.508 e. The first kappa shape index (κ1) is 25.1. The van der Waals surface area contributed by atoms with E-state index in [0.29, 0.717) is 12.0 Å². The Labute approximate surface area is 187 Å². The van der Waals surface area contributed by atoms with Crippen molar-refractivity contribution < 1.29 is 29.4 Å². The summed E-state index contributed by atoms with van der Waals surface area (Å²) in [7, 11) is 0. The lowest BCUT2D eigenvalue weighted by Crippen LogP contribution is -2.58. The molecule has 4 atom stereocenters. The first-order chi connectivity index (χ1) is 15.1. The number of carbonyl (C=O) groups excluding carboxylic acids is 3. The van der Waals surface area contributed by atoms with Crippen LogP contribution in [0.15, 0.2) is 24.3 Å². The molecule has 4 unspecified atom stereocenters. The van der Waals surface area contributed by atoms with Gasteiger partial charge in [-0.1, -0.05) is 26.0 Å². The average molecular weight is 449 g/mol. The number of carbonyl (C=O) groups is 4. The summed E-state index contributed by atoms with van der Waals surface area (Å²) in [6, 6.07) is 2.64. The summed E-state index contributed by atoms with van der Waals surface area (Å²) >= 11 is 0. The number of amides is 3. The normalized spacial score (nSPS) is 18.4. The van der Waals surface area contributed by atoms with Crippen LogP contribution in [0.3, 0.4) is 0 Å². The molecule has 0 spiro atoms. The molecule has 0 aliphatic carbocycles. The molecule has 0 bridgehead atoms. The van der Waals surface area contributed by atoms with Crippen LogP contribution in [-0.2, 0) is 25.6 Å². The Morgan fingerprint density at radius 3 is 2.22 bits per heavy atom. The summed E-state index contributed by atoms with van der Waals surface area (Å²) in [5.74, 6) is -2.91. The molecule has 1 aromatic rings. The second kappa shape index (κ2) is 11.5. The van der Waals surface area contributed by atoms with E-state index in [-0.39, 0.29) is 30.0 Å². The van der Waals surface area contributed by atoms with Crippen molar-refractivity contribution in [1.29, 1.82) is 0 Å². The molecule has 2 rings (SSSR count). The predicted molar refractivity (Wildman–Crippen MR) is 117 cm³/mol. The highest BCUT2D eigenvalue weighted by Crippen LogP contribution is 2.12. The Balaban J connectivity index is 1.98. The number of phenolic OH excluding ortho intramolecular Hbond substituents is 1. The van der Waals surface area contributed by atoms with Crippen molar-refractivity contribution in [3.63, 3.8) is 0 Å². The van der Waals surface area contributed by atoms with Gasteiger partial charge < -0.3 is 31.5 Å². The number of benzene rings is 1. The number of phenols is 1. The average Bonchev–Trinajstić information content (AvgIpc) is 3.27. The second-order valence-corrected chi connectivity index (χ2v) is 8.38. The van der Waals surface area contributed by atoms with E-state index in [0.717, 1.165) is 13.0 Å². The van der Waals surface area contributed by atoms with E-state index in [2.05, 4.69) is 21.3 Å². The van der Waals surface area contributed by atoms with Crippen LogP contribution in [0.5, 0.6) is 5.75 Å². The molecule has 1 aliphatic heterocycles. The lowest BCUT2D eigenvalue weighted by atomic mass is 10.0. The molecule has 1 fully saturated rings. The first-order valence-electron chi connectivity index (χ1n) is 10.7. The van der Waals surface area contributed by atoms with Gasteiger partial charge in [0, 0.05) is 6.42 Å². The third kappa shape index (κ3) is 7.23. The molecule has 0 aromatic heterocycles. The minimum absolute atomic E-state index is 0.0148. The van der Waals surface area contributed by atoms with Gasteiger partial charge in [0.05, 0.1) is 6.04 Å². The number of rotatable bonds is 10. The smallest absolute Gasteiger partial charge is 0.326 e. The number of aliphatic carboxylic acids is 1. The molecule has 32 heavy (non-hydrogen) atoms. The van der Waals surface area contributed by atoms with Crippen molar-refractivity contribution in [2.45, 2.75) is 64.2 Å². The van der Waals surface area contributed by atoms with E-state index < -0.39 is 35.9 Å². The van der Waals surface area contributed by atoms with Gasteiger partial charge in [0.15, 0.2) is 0 Å². The van der Waals surface area contributed by atoms with E-state index in [1.54, 1.807) is 26.0 Å². The molecule has 1 saturated heterocycles. The van der Waals surface area contributed by atoms with Crippen LogP contribution in [0.25, 0.3) is 0 Å². The van der Waals surface area contributed by atoms with Gasteiger partial charge in [-0.05, 0) is 49.9 Å². The number of aromatic hydroxyl groups is 1. The summed E-state index contributed by atoms with van der Waals surface area (Å²) in [6.45, 7) is 5.74. The molecular weight excluding hydrogens is 416 g/mol. The van der Waals surface area contributed by atoms with Crippen molar-refractivity contribution in [3.05, 3.63) is 29.8 Å². The fourth-order valence-electron chi connectivity index (χ4n) is 3.43. The van der Waals surface area contributed by atoms with Gasteiger partial charge in [-0.25, -0.2) is 4.79 Å². The van der Waals surface area contributed by atoms with Crippen LogP contribution in [0.4, 0.5) is 0 Å². The fourth-order valence-corrected chi connectivity index (χ4v) is 3.43. The second-order valence-electron chi connectivity index (χ2n) is 8.38. The standard InChI is InChI=1S/C22H32N4O6/c1-12(2)18(26-19(28)13(3)24-20(29)16-5-4-10-23-16)21(30)25-17(22(31)32)11-14-6-8-15(27)9-7-14/h6-9,12-13,16-18,23,27H,4-5,10-11H2,1-3H3,(H,24,29)(H,25,30)(H,26,28)(H,31,32). The van der Waals surface area contributed by atoms with Gasteiger partial charge in [0.25, 0.3) is 0 Å². The molecule has 6 N–H and O–H groups in total. The maximum absolute atomic E-state index is 12.8. The van der Waals surface area contributed by atoms with Crippen LogP contribution < -0.4 is 21.3 Å². The van der Waals surface area contributed by atoms with Crippen LogP contribution in [0, 0.1) is 5.92 Å². The van der Waals surface area contributed by atoms with E-state index >= 15 is 0 Å². The third-order valence-electron chi connectivity index (χ3n) is 5.37. The van der Waals surface area contributed by atoms with Crippen molar-refractivity contribution in [2.24, 2.45) is 5.92 Å². The van der Waals surface area contributed by atoms with Gasteiger partial charge in [-0.15, -0.1) is 0 Å². The van der Waals surface area contributed by atoms with Crippen LogP contribution >= 0.6 is 0 Å². The van der Waals surface area contributed by atoms with Crippen LogP contribution in [-0.4, -0.2) is 64.6 Å². The lowest BCUT2D eigenvalue weighted by molar-refractivity contribution is -0.142. The highest BCUT2D eigenvalue weighted by molar-refractivity contribution is 5.94. The number of hydrogen-bond donors (Lipinski definition) is 6. The van der Waals surface area contributed by atoms with E-state index in [9.17, 15) is 29.4 Å². The quantitative estimate of drug-likeness (QED) is 0.292. The minimum Gasteiger partial charge on any atom is -0.508 e. The Morgan fingerprint density at radius 2 is 1.69 bits per heavy atom. The number of carboxylic acids is 1. The molecule has 10 heteroatoms. The summed E-state index contributed by atoms with van der Waals surface area (Å²) in [5, 5.41) is 29.7. The first-order valence-corrected chi connectivity index (χ1v) is 10.7. The Bertz CT molecular complexity index is 820. The molecular formula is C22H32N4O6. The van der Waals surface area contributed by atoms with Crippen molar-refractivity contribution in [2.75, 3.05) is 6.54 Å². The van der Waals surface area contributed by atoms with E-state index in [1.807, 2.05) is 0 Å². The molecule has 176 valence electrons. The summed E-state index contributed by atoms with van der Waals surface area (Å²) in [6.07, 6.45) is 1.61. The molecule has 1 aliphatic rings. The van der Waals surface area contributed by atoms with E-state index in [1.165, 1.54) is 19.1 Å². The number of hydrogen-bond acceptors (Lipinski definition) is 6. The van der Waals surface area contributed by atoms with Gasteiger partial charge in [-0.3, -0.25) is 14.4 Å². The zero-order valence-corrected chi connectivity index (χ0v) is 18.6.